The lowest BCUT2D eigenvalue weighted by molar-refractivity contribution is -0.111. The number of nitrogens with zero attached hydrogens (tertiary/aromatic N) is 2. The monoisotopic (exact) mass is 311 g/mol. The fourth-order valence-corrected chi connectivity index (χ4v) is 1.80. The highest BCUT2D eigenvalue weighted by molar-refractivity contribution is 6.01. The van der Waals surface area contributed by atoms with Crippen LogP contribution in [0.5, 0.6) is 0 Å². The maximum Gasteiger partial charge on any atom is 0.249 e. The first-order chi connectivity index (χ1) is 10.9. The molecule has 4 nitrogen and oxygen atoms in total. The highest BCUT2D eigenvalue weighted by Crippen LogP contribution is 2.22. The van der Waals surface area contributed by atoms with Gasteiger partial charge in [-0.15, -0.1) is 0 Å². The molecular formula is C19H25N3O. The highest BCUT2D eigenvalue weighted by Gasteiger charge is 2.12. The number of anilines is 1. The van der Waals surface area contributed by atoms with Crippen LogP contribution in [0, 0.1) is 0 Å². The summed E-state index contributed by atoms with van der Waals surface area (Å²) in [5.41, 5.74) is 2.38. The van der Waals surface area contributed by atoms with Crippen LogP contribution in [0.1, 0.15) is 45.7 Å². The predicted octanol–water partition coefficient (Wildman–Crippen LogP) is 4.45. The summed E-state index contributed by atoms with van der Waals surface area (Å²) < 4.78 is 0. The molecule has 122 valence electrons. The lowest BCUT2D eigenvalue weighted by Gasteiger charge is -2.18. The van der Waals surface area contributed by atoms with Crippen LogP contribution in [-0.2, 0) is 10.2 Å². The number of carbonyl (C=O) groups excluding carboxylic acids is 1. The molecule has 0 fully saturated rings. The Balaban J connectivity index is 0.00000127. The Hall–Kier alpha value is -2.49. The number of carbonyl (C=O) groups is 1. The highest BCUT2D eigenvalue weighted by atomic mass is 16.1. The van der Waals surface area contributed by atoms with E-state index in [1.54, 1.807) is 12.3 Å². The molecule has 1 aromatic heterocycles. The molecule has 0 aliphatic heterocycles. The van der Waals surface area contributed by atoms with E-state index < -0.39 is 0 Å². The lowest BCUT2D eigenvalue weighted by Crippen LogP contribution is -2.10. The molecule has 0 aliphatic rings. The molecule has 1 aromatic carbocycles. The third kappa shape index (κ3) is 6.43. The van der Waals surface area contributed by atoms with Crippen LogP contribution >= 0.6 is 0 Å². The van der Waals surface area contributed by atoms with E-state index in [4.69, 9.17) is 0 Å². The van der Waals surface area contributed by atoms with Gasteiger partial charge in [0.1, 0.15) is 0 Å². The van der Waals surface area contributed by atoms with Gasteiger partial charge in [0.2, 0.25) is 5.91 Å². The van der Waals surface area contributed by atoms with Crippen molar-refractivity contribution < 1.29 is 4.79 Å². The molecule has 1 N–H and O–H groups in total. The SMILES string of the molecule is CC.CC(C)(C)c1ccc(/C=C/C(=O)Nc2cnccn2)cc1. The van der Waals surface area contributed by atoms with Crippen molar-refractivity contribution >= 4 is 17.8 Å². The standard InChI is InChI=1S/C17H19N3O.C2H6/c1-17(2,3)14-7-4-13(5-8-14)6-9-16(21)20-15-12-18-10-11-19-15;1-2/h4-12H,1-3H3,(H,19,20,21);1-2H3/b9-6+;. The summed E-state index contributed by atoms with van der Waals surface area (Å²) in [4.78, 5) is 19.6. The lowest BCUT2D eigenvalue weighted by atomic mass is 9.87. The van der Waals surface area contributed by atoms with Crippen LogP contribution in [0.25, 0.3) is 6.08 Å². The molecule has 1 amide bonds. The van der Waals surface area contributed by atoms with Gasteiger partial charge in [-0.3, -0.25) is 9.78 Å². The first kappa shape index (κ1) is 18.6. The van der Waals surface area contributed by atoms with Crippen LogP contribution in [0.4, 0.5) is 5.82 Å². The largest absolute Gasteiger partial charge is 0.306 e. The molecule has 0 bridgehead atoms. The van der Waals surface area contributed by atoms with Crippen LogP contribution in [-0.4, -0.2) is 15.9 Å². The van der Waals surface area contributed by atoms with Gasteiger partial charge >= 0.3 is 0 Å². The second kappa shape index (κ2) is 8.83. The van der Waals surface area contributed by atoms with Gasteiger partial charge in [-0.25, -0.2) is 4.98 Å². The Morgan fingerprint density at radius 2 is 1.74 bits per heavy atom. The van der Waals surface area contributed by atoms with Crippen molar-refractivity contribution in [2.24, 2.45) is 0 Å². The van der Waals surface area contributed by atoms with E-state index in [0.29, 0.717) is 5.82 Å². The molecule has 0 saturated carbocycles. The Bertz CT molecular complexity index is 626. The number of rotatable bonds is 3. The van der Waals surface area contributed by atoms with Gasteiger partial charge in [-0.05, 0) is 22.6 Å². The van der Waals surface area contributed by atoms with Crippen molar-refractivity contribution in [3.63, 3.8) is 0 Å². The van der Waals surface area contributed by atoms with Crippen molar-refractivity contribution in [2.45, 2.75) is 40.0 Å². The average molecular weight is 311 g/mol. The molecule has 0 unspecified atom stereocenters. The van der Waals surface area contributed by atoms with E-state index in [2.05, 4.69) is 48.2 Å². The van der Waals surface area contributed by atoms with Crippen LogP contribution in [0.2, 0.25) is 0 Å². The molecule has 0 atom stereocenters. The maximum absolute atomic E-state index is 11.7. The summed E-state index contributed by atoms with van der Waals surface area (Å²) in [5, 5.41) is 2.65. The Morgan fingerprint density at radius 3 is 2.26 bits per heavy atom. The zero-order chi connectivity index (χ0) is 17.3. The minimum Gasteiger partial charge on any atom is -0.306 e. The van der Waals surface area contributed by atoms with Crippen molar-refractivity contribution in [1.29, 1.82) is 0 Å². The van der Waals surface area contributed by atoms with Crippen molar-refractivity contribution in [3.8, 4) is 0 Å². The molecule has 1 heterocycles. The zero-order valence-electron chi connectivity index (χ0n) is 14.5. The summed E-state index contributed by atoms with van der Waals surface area (Å²) in [7, 11) is 0. The van der Waals surface area contributed by atoms with Crippen molar-refractivity contribution in [3.05, 3.63) is 60.1 Å². The van der Waals surface area contributed by atoms with E-state index in [1.807, 2.05) is 26.0 Å². The Labute approximate surface area is 138 Å². The summed E-state index contributed by atoms with van der Waals surface area (Å²) in [5.74, 6) is 0.214. The molecule has 2 aromatic rings. The number of nitrogens with one attached hydrogen (secondary N) is 1. The van der Waals surface area contributed by atoms with Gasteiger partial charge in [-0.2, -0.15) is 0 Å². The Kier molecular flexibility index (Phi) is 7.13. The normalized spacial score (nSPS) is 10.8. The maximum atomic E-state index is 11.7. The summed E-state index contributed by atoms with van der Waals surface area (Å²) in [6.07, 6.45) is 7.86. The van der Waals surface area contributed by atoms with Gasteiger partial charge in [0.15, 0.2) is 5.82 Å². The molecular weight excluding hydrogens is 286 g/mol. The van der Waals surface area contributed by atoms with E-state index in [1.165, 1.54) is 24.0 Å². The van der Waals surface area contributed by atoms with Crippen LogP contribution < -0.4 is 5.32 Å². The Morgan fingerprint density at radius 1 is 1.09 bits per heavy atom. The molecule has 23 heavy (non-hydrogen) atoms. The van der Waals surface area contributed by atoms with Gasteiger partial charge in [-0.1, -0.05) is 58.9 Å². The number of hydrogen-bond donors (Lipinski definition) is 1. The molecule has 0 aliphatic carbocycles. The minimum atomic E-state index is -0.226. The zero-order valence-corrected chi connectivity index (χ0v) is 14.5. The van der Waals surface area contributed by atoms with E-state index >= 15 is 0 Å². The third-order valence-corrected chi connectivity index (χ3v) is 3.02. The van der Waals surface area contributed by atoms with Crippen molar-refractivity contribution in [2.75, 3.05) is 5.32 Å². The van der Waals surface area contributed by atoms with Crippen LogP contribution in [0.15, 0.2) is 48.9 Å². The fourth-order valence-electron chi connectivity index (χ4n) is 1.80. The van der Waals surface area contributed by atoms with E-state index in [-0.39, 0.29) is 11.3 Å². The summed E-state index contributed by atoms with van der Waals surface area (Å²) in [6.45, 7) is 10.5. The number of hydrogen-bond acceptors (Lipinski definition) is 3. The van der Waals surface area contributed by atoms with Crippen LogP contribution in [0.3, 0.4) is 0 Å². The number of amides is 1. The second-order valence-electron chi connectivity index (χ2n) is 5.79. The summed E-state index contributed by atoms with van der Waals surface area (Å²) in [6, 6.07) is 8.18. The minimum absolute atomic E-state index is 0.131. The molecule has 0 spiro atoms. The van der Waals surface area contributed by atoms with E-state index in [9.17, 15) is 4.79 Å². The smallest absolute Gasteiger partial charge is 0.249 e. The van der Waals surface area contributed by atoms with Gasteiger partial charge in [0, 0.05) is 18.5 Å². The molecule has 0 radical (unpaired) electrons. The summed E-state index contributed by atoms with van der Waals surface area (Å²) >= 11 is 0. The number of aromatic nitrogens is 2. The molecule has 4 heteroatoms. The topological polar surface area (TPSA) is 54.9 Å². The first-order valence-corrected chi connectivity index (χ1v) is 7.81. The van der Waals surface area contributed by atoms with E-state index in [0.717, 1.165) is 5.56 Å². The second-order valence-corrected chi connectivity index (χ2v) is 5.79. The quantitative estimate of drug-likeness (QED) is 0.852. The average Bonchev–Trinajstić information content (AvgIpc) is 2.55. The van der Waals surface area contributed by atoms with Crippen molar-refractivity contribution in [1.82, 2.24) is 9.97 Å². The van der Waals surface area contributed by atoms with Gasteiger partial charge < -0.3 is 5.32 Å². The van der Waals surface area contributed by atoms with Gasteiger partial charge in [0.05, 0.1) is 6.20 Å². The first-order valence-electron chi connectivity index (χ1n) is 7.81. The fraction of sp³-hybridized carbons (Fsp3) is 0.316. The number of benzene rings is 1. The van der Waals surface area contributed by atoms with Gasteiger partial charge in [0.25, 0.3) is 0 Å². The third-order valence-electron chi connectivity index (χ3n) is 3.02. The molecule has 2 rings (SSSR count). The molecule has 0 saturated heterocycles. The predicted molar refractivity (Wildman–Crippen MR) is 96.2 cm³/mol.